The van der Waals surface area contributed by atoms with Gasteiger partial charge in [0.25, 0.3) is 0 Å². The first-order valence-electron chi connectivity index (χ1n) is 2.79. The van der Waals surface area contributed by atoms with Crippen molar-refractivity contribution in [2.45, 2.75) is 0 Å². The van der Waals surface area contributed by atoms with Gasteiger partial charge < -0.3 is 62.5 Å². The molecule has 0 fully saturated rings. The SMILES string of the molecule is NC(=O)[O-].NC(=O)[O-].NC(=O)[O-].NC(=O)[O-].[Sn+4]. The predicted octanol–water partition coefficient (Wildman–Crippen LogP) is -7.23. The van der Waals surface area contributed by atoms with Crippen LogP contribution in [0.15, 0.2) is 0 Å². The van der Waals surface area contributed by atoms with Crippen LogP contribution in [0.4, 0.5) is 19.2 Å². The van der Waals surface area contributed by atoms with E-state index in [-0.39, 0.29) is 23.9 Å². The van der Waals surface area contributed by atoms with Crippen molar-refractivity contribution in [3.05, 3.63) is 0 Å². The van der Waals surface area contributed by atoms with Crippen LogP contribution < -0.4 is 43.4 Å². The van der Waals surface area contributed by atoms with Gasteiger partial charge >= 0.3 is 23.9 Å². The number of carboxylic acid groups (broad SMARTS) is 4. The quantitative estimate of drug-likeness (QED) is 0.301. The molecule has 0 unspecified atom stereocenters. The topological polar surface area (TPSA) is 265 Å². The second-order valence-electron chi connectivity index (χ2n) is 1.28. The minimum absolute atomic E-state index is 0. The van der Waals surface area contributed by atoms with E-state index in [1.54, 1.807) is 0 Å². The Labute approximate surface area is 111 Å². The van der Waals surface area contributed by atoms with E-state index in [1.807, 2.05) is 0 Å². The van der Waals surface area contributed by atoms with E-state index >= 15 is 0 Å². The smallest absolute Gasteiger partial charge is 0.530 e. The molecule has 0 saturated heterocycles. The van der Waals surface area contributed by atoms with Crippen LogP contribution in [0.5, 0.6) is 0 Å². The van der Waals surface area contributed by atoms with Crippen LogP contribution in [-0.4, -0.2) is 48.3 Å². The summed E-state index contributed by atoms with van der Waals surface area (Å²) in [6.07, 6.45) is -6.33. The van der Waals surface area contributed by atoms with Gasteiger partial charge in [-0.25, -0.2) is 0 Å². The molecule has 8 N–H and O–H groups in total. The Morgan fingerprint density at radius 1 is 0.529 bits per heavy atom. The van der Waals surface area contributed by atoms with E-state index in [4.69, 9.17) is 39.6 Å². The van der Waals surface area contributed by atoms with Crippen LogP contribution in [0.3, 0.4) is 0 Å². The molecule has 0 spiro atoms. The Kier molecular flexibility index (Phi) is 40.7. The first kappa shape index (κ1) is 29.4. The molecule has 17 heavy (non-hydrogen) atoms. The van der Waals surface area contributed by atoms with Gasteiger partial charge in [0.15, 0.2) is 0 Å². The third kappa shape index (κ3) is 435. The van der Waals surface area contributed by atoms with Crippen LogP contribution >= 0.6 is 0 Å². The van der Waals surface area contributed by atoms with Gasteiger partial charge in [-0.1, -0.05) is 0 Å². The maximum Gasteiger partial charge on any atom is 4.00 e. The van der Waals surface area contributed by atoms with Gasteiger partial charge in [0.2, 0.25) is 0 Å². The summed E-state index contributed by atoms with van der Waals surface area (Å²) in [7, 11) is 0. The standard InChI is InChI=1S/4CH3NO2.Sn/c4*2-1(3)4;/h4*2H2,(H,3,4);/q;;;;+4/p-4. The maximum absolute atomic E-state index is 8.67. The average Bonchev–Trinajstić information content (AvgIpc) is 1.76. The fraction of sp³-hybridized carbons (Fsp3) is 0. The van der Waals surface area contributed by atoms with E-state index in [0.29, 0.717) is 0 Å². The molecule has 0 rings (SSSR count). The van der Waals surface area contributed by atoms with Crippen LogP contribution in [0.2, 0.25) is 0 Å². The summed E-state index contributed by atoms with van der Waals surface area (Å²) >= 11 is 0. The largest absolute Gasteiger partial charge is 4.00 e. The number of carbonyl (C=O) groups excluding carboxylic acids is 4. The molecular formula is C4H8N4O8Sn. The molecule has 0 aliphatic carbocycles. The molecule has 0 radical (unpaired) electrons. The minimum Gasteiger partial charge on any atom is -0.530 e. The summed E-state index contributed by atoms with van der Waals surface area (Å²) in [5, 5.41) is 34.7. The molecule has 12 nitrogen and oxygen atoms in total. The summed E-state index contributed by atoms with van der Waals surface area (Å²) in [5.41, 5.74) is 15.7. The van der Waals surface area contributed by atoms with Crippen molar-refractivity contribution in [2.75, 3.05) is 0 Å². The monoisotopic (exact) mass is 360 g/mol. The Morgan fingerprint density at radius 2 is 0.529 bits per heavy atom. The Bertz CT molecular complexity index is 170. The zero-order valence-electron chi connectivity index (χ0n) is 8.08. The molecule has 0 bridgehead atoms. The first-order chi connectivity index (χ1) is 6.93. The molecule has 0 atom stereocenters. The van der Waals surface area contributed by atoms with Gasteiger partial charge in [-0.2, -0.15) is 0 Å². The predicted molar refractivity (Wildman–Crippen MR) is 44.1 cm³/mol. The fourth-order valence-corrected chi connectivity index (χ4v) is 0. The average molecular weight is 359 g/mol. The first-order valence-corrected chi connectivity index (χ1v) is 2.79. The number of carbonyl (C=O) groups is 4. The van der Waals surface area contributed by atoms with Crippen molar-refractivity contribution in [3.8, 4) is 0 Å². The van der Waals surface area contributed by atoms with Crippen LogP contribution in [0, 0.1) is 0 Å². The Hall–Kier alpha value is -2.12. The van der Waals surface area contributed by atoms with Crippen molar-refractivity contribution in [2.24, 2.45) is 22.9 Å². The van der Waals surface area contributed by atoms with Gasteiger partial charge in [-0.3, -0.25) is 0 Å². The summed E-state index contributed by atoms with van der Waals surface area (Å²) < 4.78 is 0. The molecule has 0 saturated carbocycles. The van der Waals surface area contributed by atoms with E-state index in [9.17, 15) is 0 Å². The number of hydrogen-bond donors (Lipinski definition) is 4. The Balaban J connectivity index is -0.0000000369. The van der Waals surface area contributed by atoms with Gasteiger partial charge in [-0.15, -0.1) is 0 Å². The third-order valence-electron chi connectivity index (χ3n) is 0. The molecule has 0 aromatic heterocycles. The van der Waals surface area contributed by atoms with Crippen molar-refractivity contribution < 1.29 is 39.6 Å². The molecule has 0 aliphatic rings. The molecule has 13 heteroatoms. The summed E-state index contributed by atoms with van der Waals surface area (Å²) in [6, 6.07) is 0. The normalized spacial score (nSPS) is 5.65. The molecular weight excluding hydrogens is 351 g/mol. The number of nitrogens with two attached hydrogens (primary N) is 4. The summed E-state index contributed by atoms with van der Waals surface area (Å²) in [5.74, 6) is 0. The molecule has 0 aliphatic heterocycles. The van der Waals surface area contributed by atoms with Gasteiger partial charge in [0.05, 0.1) is 0 Å². The Morgan fingerprint density at radius 3 is 0.529 bits per heavy atom. The van der Waals surface area contributed by atoms with Gasteiger partial charge in [0, 0.05) is 0 Å². The van der Waals surface area contributed by atoms with Crippen molar-refractivity contribution in [3.63, 3.8) is 0 Å². The van der Waals surface area contributed by atoms with Crippen LogP contribution in [-0.2, 0) is 0 Å². The molecule has 0 aromatic rings. The third-order valence-corrected chi connectivity index (χ3v) is 0. The maximum atomic E-state index is 8.67. The van der Waals surface area contributed by atoms with Crippen molar-refractivity contribution in [1.82, 2.24) is 0 Å². The summed E-state index contributed by atoms with van der Waals surface area (Å²) in [4.78, 5) is 34.7. The van der Waals surface area contributed by atoms with Crippen molar-refractivity contribution >= 4 is 48.3 Å². The van der Waals surface area contributed by atoms with Crippen LogP contribution in [0.1, 0.15) is 0 Å². The molecule has 0 heterocycles. The zero-order chi connectivity index (χ0) is 14.3. The minimum atomic E-state index is -1.58. The molecule has 96 valence electrons. The fourth-order valence-electron chi connectivity index (χ4n) is 0. The second kappa shape index (κ2) is 23.6. The van der Waals surface area contributed by atoms with E-state index in [1.165, 1.54) is 0 Å². The van der Waals surface area contributed by atoms with E-state index in [0.717, 1.165) is 0 Å². The van der Waals surface area contributed by atoms with Gasteiger partial charge in [0.1, 0.15) is 24.4 Å². The number of primary amides is 4. The molecule has 4 amide bonds. The number of amides is 4. The van der Waals surface area contributed by atoms with E-state index in [2.05, 4.69) is 22.9 Å². The summed E-state index contributed by atoms with van der Waals surface area (Å²) in [6.45, 7) is 0. The van der Waals surface area contributed by atoms with Gasteiger partial charge in [-0.05, 0) is 0 Å². The van der Waals surface area contributed by atoms with Crippen LogP contribution in [0.25, 0.3) is 0 Å². The number of hydrogen-bond acceptors (Lipinski definition) is 8. The zero-order valence-corrected chi connectivity index (χ0v) is 10.9. The van der Waals surface area contributed by atoms with Crippen molar-refractivity contribution in [1.29, 1.82) is 0 Å². The molecule has 0 aromatic carbocycles. The van der Waals surface area contributed by atoms with E-state index < -0.39 is 24.4 Å². The second-order valence-corrected chi connectivity index (χ2v) is 1.28. The number of rotatable bonds is 0.